The Labute approximate surface area is 175 Å². The molecule has 3 rings (SSSR count). The Morgan fingerprint density at radius 1 is 1.17 bits per heavy atom. The van der Waals surface area contributed by atoms with Gasteiger partial charge in [-0.15, -0.1) is 5.10 Å². The number of anilines is 1. The second-order valence-corrected chi connectivity index (χ2v) is 8.50. The maximum atomic E-state index is 12.3. The number of nitrogens with zero attached hydrogens (tertiary/aromatic N) is 3. The zero-order valence-corrected chi connectivity index (χ0v) is 17.4. The summed E-state index contributed by atoms with van der Waals surface area (Å²) in [5.41, 5.74) is 0.861. The highest BCUT2D eigenvalue weighted by Crippen LogP contribution is 2.16. The molecule has 0 saturated carbocycles. The number of ether oxygens (including phenoxy) is 1. The van der Waals surface area contributed by atoms with Crippen LogP contribution >= 0.6 is 15.9 Å². The number of H-pyrrole nitrogens is 1. The van der Waals surface area contributed by atoms with Crippen LogP contribution in [0.15, 0.2) is 57.9 Å². The van der Waals surface area contributed by atoms with E-state index < -0.39 is 15.9 Å². The number of sulfonamides is 1. The topological polar surface area (TPSA) is 139 Å². The molecule has 10 nitrogen and oxygen atoms in total. The van der Waals surface area contributed by atoms with Crippen molar-refractivity contribution in [2.24, 2.45) is 0 Å². The first-order valence-corrected chi connectivity index (χ1v) is 10.7. The van der Waals surface area contributed by atoms with Crippen LogP contribution in [0.3, 0.4) is 0 Å². The third kappa shape index (κ3) is 6.34. The molecule has 2 aromatic carbocycles. The maximum absolute atomic E-state index is 12.3. The molecule has 0 atom stereocenters. The van der Waals surface area contributed by atoms with Gasteiger partial charge in [0.15, 0.2) is 6.61 Å². The number of aromatic amines is 1. The SMILES string of the molecule is O=C(COc1cccc(CCNS(=O)(=O)c2ccc(Br)cc2)c1)Nc1nn[nH]n1. The van der Waals surface area contributed by atoms with Crippen LogP contribution in [0.4, 0.5) is 5.95 Å². The number of hydrogen-bond acceptors (Lipinski definition) is 7. The highest BCUT2D eigenvalue weighted by Gasteiger charge is 2.13. The number of aromatic nitrogens is 4. The van der Waals surface area contributed by atoms with Crippen molar-refractivity contribution in [3.05, 3.63) is 58.6 Å². The predicted octanol–water partition coefficient (Wildman–Crippen LogP) is 1.50. The third-order valence-corrected chi connectivity index (χ3v) is 5.70. The fourth-order valence-corrected chi connectivity index (χ4v) is 3.64. The van der Waals surface area contributed by atoms with Crippen LogP contribution in [0.2, 0.25) is 0 Å². The molecule has 12 heteroatoms. The van der Waals surface area contributed by atoms with Gasteiger partial charge < -0.3 is 4.74 Å². The van der Waals surface area contributed by atoms with Crippen LogP contribution < -0.4 is 14.8 Å². The van der Waals surface area contributed by atoms with Gasteiger partial charge in [0.1, 0.15) is 5.75 Å². The van der Waals surface area contributed by atoms with E-state index in [1.807, 2.05) is 6.07 Å². The maximum Gasteiger partial charge on any atom is 0.269 e. The average molecular weight is 481 g/mol. The zero-order valence-electron chi connectivity index (χ0n) is 15.0. The largest absolute Gasteiger partial charge is 0.484 e. The second-order valence-electron chi connectivity index (χ2n) is 5.82. The Bertz CT molecular complexity index is 1060. The van der Waals surface area contributed by atoms with Crippen molar-refractivity contribution in [1.29, 1.82) is 0 Å². The molecular weight excluding hydrogens is 464 g/mol. The summed E-state index contributed by atoms with van der Waals surface area (Å²) in [4.78, 5) is 12.0. The Morgan fingerprint density at radius 3 is 2.69 bits per heavy atom. The Morgan fingerprint density at radius 2 is 1.97 bits per heavy atom. The summed E-state index contributed by atoms with van der Waals surface area (Å²) >= 11 is 3.28. The minimum atomic E-state index is -3.58. The van der Waals surface area contributed by atoms with Crippen molar-refractivity contribution in [2.45, 2.75) is 11.3 Å². The van der Waals surface area contributed by atoms with Gasteiger partial charge in [-0.2, -0.15) is 5.21 Å². The number of hydrogen-bond donors (Lipinski definition) is 3. The van der Waals surface area contributed by atoms with E-state index in [0.29, 0.717) is 12.2 Å². The minimum Gasteiger partial charge on any atom is -0.484 e. The lowest BCUT2D eigenvalue weighted by Gasteiger charge is -2.09. The number of rotatable bonds is 9. The number of carbonyl (C=O) groups is 1. The van der Waals surface area contributed by atoms with Gasteiger partial charge in [0.2, 0.25) is 10.0 Å². The van der Waals surface area contributed by atoms with Crippen molar-refractivity contribution in [3.63, 3.8) is 0 Å². The first-order chi connectivity index (χ1) is 13.9. The fourth-order valence-electron chi connectivity index (χ4n) is 2.34. The normalized spacial score (nSPS) is 11.2. The van der Waals surface area contributed by atoms with Crippen molar-refractivity contribution in [2.75, 3.05) is 18.5 Å². The Hall–Kier alpha value is -2.83. The molecule has 0 unspecified atom stereocenters. The molecule has 0 bridgehead atoms. The van der Waals surface area contributed by atoms with Crippen LogP contribution in [0.25, 0.3) is 0 Å². The molecule has 1 amide bonds. The van der Waals surface area contributed by atoms with Gasteiger partial charge in [-0.05, 0) is 53.6 Å². The molecule has 0 aliphatic rings. The lowest BCUT2D eigenvalue weighted by molar-refractivity contribution is -0.118. The molecule has 3 N–H and O–H groups in total. The number of amides is 1. The second kappa shape index (κ2) is 9.58. The summed E-state index contributed by atoms with van der Waals surface area (Å²) in [6.45, 7) is -0.00560. The van der Waals surface area contributed by atoms with E-state index in [-0.39, 0.29) is 24.0 Å². The molecule has 0 radical (unpaired) electrons. The van der Waals surface area contributed by atoms with E-state index in [1.54, 1.807) is 30.3 Å². The predicted molar refractivity (Wildman–Crippen MR) is 108 cm³/mol. The molecule has 0 aliphatic carbocycles. The van der Waals surface area contributed by atoms with Crippen LogP contribution in [-0.4, -0.2) is 48.1 Å². The number of halogens is 1. The monoisotopic (exact) mass is 480 g/mol. The zero-order chi connectivity index (χ0) is 20.7. The van der Waals surface area contributed by atoms with Crippen LogP contribution in [-0.2, 0) is 21.2 Å². The molecule has 3 aromatic rings. The molecule has 0 fully saturated rings. The lowest BCUT2D eigenvalue weighted by Crippen LogP contribution is -2.26. The summed E-state index contributed by atoms with van der Waals surface area (Å²) < 4.78 is 33.4. The van der Waals surface area contributed by atoms with Crippen LogP contribution in [0.5, 0.6) is 5.75 Å². The van der Waals surface area contributed by atoms with E-state index >= 15 is 0 Å². The van der Waals surface area contributed by atoms with E-state index in [4.69, 9.17) is 4.74 Å². The van der Waals surface area contributed by atoms with Gasteiger partial charge in [-0.3, -0.25) is 10.1 Å². The molecule has 0 spiro atoms. The van der Waals surface area contributed by atoms with Crippen LogP contribution in [0.1, 0.15) is 5.56 Å². The lowest BCUT2D eigenvalue weighted by atomic mass is 10.1. The van der Waals surface area contributed by atoms with Crippen LogP contribution in [0, 0.1) is 0 Å². The summed E-state index contributed by atoms with van der Waals surface area (Å²) in [6.07, 6.45) is 0.460. The number of carbonyl (C=O) groups excluding carboxylic acids is 1. The average Bonchev–Trinajstić information content (AvgIpc) is 3.20. The Balaban J connectivity index is 1.49. The number of nitrogens with one attached hydrogen (secondary N) is 3. The molecule has 152 valence electrons. The van der Waals surface area contributed by atoms with Crippen molar-refractivity contribution >= 4 is 37.8 Å². The van der Waals surface area contributed by atoms with Crippen molar-refractivity contribution in [3.8, 4) is 5.75 Å². The minimum absolute atomic E-state index is 0.0606. The number of tetrazole rings is 1. The fraction of sp³-hybridized carbons (Fsp3) is 0.176. The third-order valence-electron chi connectivity index (χ3n) is 3.69. The molecule has 29 heavy (non-hydrogen) atoms. The molecular formula is C17H17BrN6O4S. The summed E-state index contributed by atoms with van der Waals surface area (Å²) in [5, 5.41) is 15.2. The summed E-state index contributed by atoms with van der Waals surface area (Å²) in [6, 6.07) is 13.5. The van der Waals surface area contributed by atoms with Crippen molar-refractivity contribution < 1.29 is 17.9 Å². The van der Waals surface area contributed by atoms with Gasteiger partial charge in [0.05, 0.1) is 4.90 Å². The molecule has 1 aromatic heterocycles. The van der Waals surface area contributed by atoms with E-state index in [9.17, 15) is 13.2 Å². The Kier molecular flexibility index (Phi) is 6.90. The van der Waals surface area contributed by atoms with Gasteiger partial charge >= 0.3 is 0 Å². The quantitative estimate of drug-likeness (QED) is 0.421. The standard InChI is InChI=1S/C17H17BrN6O4S/c18-13-4-6-15(7-5-13)29(26,27)19-9-8-12-2-1-3-14(10-12)28-11-16(25)20-17-21-23-24-22-17/h1-7,10,19H,8-9,11H2,(H2,20,21,22,23,24,25). The van der Waals surface area contributed by atoms with Gasteiger partial charge in [-0.25, -0.2) is 13.1 Å². The smallest absolute Gasteiger partial charge is 0.269 e. The molecule has 0 aliphatic heterocycles. The van der Waals surface area contributed by atoms with Crippen molar-refractivity contribution in [1.82, 2.24) is 25.3 Å². The summed E-state index contributed by atoms with van der Waals surface area (Å²) in [7, 11) is -3.58. The summed E-state index contributed by atoms with van der Waals surface area (Å²) in [5.74, 6) is 0.117. The van der Waals surface area contributed by atoms with Gasteiger partial charge in [0.25, 0.3) is 11.9 Å². The van der Waals surface area contributed by atoms with E-state index in [0.717, 1.165) is 10.0 Å². The van der Waals surface area contributed by atoms with Gasteiger partial charge in [-0.1, -0.05) is 33.2 Å². The van der Waals surface area contributed by atoms with E-state index in [2.05, 4.69) is 46.6 Å². The number of benzene rings is 2. The molecule has 0 saturated heterocycles. The van der Waals surface area contributed by atoms with E-state index in [1.165, 1.54) is 12.1 Å². The first-order valence-electron chi connectivity index (χ1n) is 8.43. The van der Waals surface area contributed by atoms with Gasteiger partial charge in [0, 0.05) is 11.0 Å². The highest BCUT2D eigenvalue weighted by molar-refractivity contribution is 9.10. The molecule has 1 heterocycles. The highest BCUT2D eigenvalue weighted by atomic mass is 79.9. The first kappa shape index (κ1) is 20.9.